The van der Waals surface area contributed by atoms with Crippen LogP contribution < -0.4 is 9.47 Å². The maximum atomic E-state index is 12.5. The van der Waals surface area contributed by atoms with Gasteiger partial charge in [-0.3, -0.25) is 0 Å². The number of hydrogen-bond acceptors (Lipinski definition) is 3. The normalized spacial score (nSPS) is 18.9. The predicted molar refractivity (Wildman–Crippen MR) is 141 cm³/mol. The molecular weight excluding hydrogens is 420 g/mol. The topological polar surface area (TPSA) is 35.5 Å². The van der Waals surface area contributed by atoms with Crippen molar-refractivity contribution in [1.29, 1.82) is 0 Å². The third kappa shape index (κ3) is 8.81. The van der Waals surface area contributed by atoms with Gasteiger partial charge in [0.25, 0.3) is 0 Å². The van der Waals surface area contributed by atoms with Crippen LogP contribution in [0, 0.1) is 17.8 Å². The lowest BCUT2D eigenvalue weighted by Gasteiger charge is -2.28. The number of carbonyl (C=O) groups is 1. The van der Waals surface area contributed by atoms with Gasteiger partial charge in [-0.15, -0.1) is 0 Å². The number of carbonyl (C=O) groups excluding carboxylic acids is 1. The summed E-state index contributed by atoms with van der Waals surface area (Å²) in [4.78, 5) is 12.5. The summed E-state index contributed by atoms with van der Waals surface area (Å²) in [5.74, 6) is 3.41. The van der Waals surface area contributed by atoms with Crippen molar-refractivity contribution in [1.82, 2.24) is 0 Å². The Morgan fingerprint density at radius 1 is 0.853 bits per heavy atom. The molecule has 0 aliphatic heterocycles. The molecule has 3 nitrogen and oxygen atoms in total. The molecule has 3 rings (SSSR count). The van der Waals surface area contributed by atoms with Crippen molar-refractivity contribution in [3.63, 3.8) is 0 Å². The quantitative estimate of drug-likeness (QED) is 0.169. The molecule has 0 bridgehead atoms. The summed E-state index contributed by atoms with van der Waals surface area (Å²) in [6.45, 7) is 7.29. The van der Waals surface area contributed by atoms with E-state index < -0.39 is 0 Å². The van der Waals surface area contributed by atoms with Crippen LogP contribution in [0.2, 0.25) is 0 Å². The minimum absolute atomic E-state index is 0.336. The average molecular weight is 465 g/mol. The van der Waals surface area contributed by atoms with E-state index >= 15 is 0 Å². The van der Waals surface area contributed by atoms with Crippen molar-refractivity contribution in [2.45, 2.75) is 91.4 Å². The molecule has 1 fully saturated rings. The number of rotatable bonds is 13. The first-order valence-corrected chi connectivity index (χ1v) is 13.6. The Balaban J connectivity index is 1.38. The number of hydrogen-bond donors (Lipinski definition) is 0. The van der Waals surface area contributed by atoms with E-state index in [2.05, 4.69) is 32.9 Å². The van der Waals surface area contributed by atoms with E-state index in [9.17, 15) is 4.79 Å². The lowest BCUT2D eigenvalue weighted by Crippen LogP contribution is -2.15. The van der Waals surface area contributed by atoms with Crippen molar-refractivity contribution in [3.8, 4) is 11.5 Å². The van der Waals surface area contributed by atoms with Crippen molar-refractivity contribution in [2.75, 3.05) is 6.61 Å². The van der Waals surface area contributed by atoms with Gasteiger partial charge < -0.3 is 9.47 Å². The van der Waals surface area contributed by atoms with Crippen LogP contribution in [0.3, 0.4) is 0 Å². The summed E-state index contributed by atoms with van der Waals surface area (Å²) < 4.78 is 11.3. The number of unbranched alkanes of at least 4 members (excludes halogenated alkanes) is 2. The Bertz CT molecular complexity index is 832. The molecule has 0 N–H and O–H groups in total. The van der Waals surface area contributed by atoms with Crippen LogP contribution in [0.15, 0.2) is 48.5 Å². The van der Waals surface area contributed by atoms with E-state index in [1.165, 1.54) is 63.4 Å². The molecule has 2 aromatic rings. The molecule has 3 heteroatoms. The van der Waals surface area contributed by atoms with Gasteiger partial charge in [0.2, 0.25) is 0 Å². The fourth-order valence-corrected chi connectivity index (χ4v) is 4.80. The van der Waals surface area contributed by atoms with Gasteiger partial charge in [0.05, 0.1) is 12.2 Å². The fourth-order valence-electron chi connectivity index (χ4n) is 4.80. The van der Waals surface area contributed by atoms with Gasteiger partial charge in [-0.1, -0.05) is 90.7 Å². The molecule has 0 aromatic heterocycles. The molecule has 2 aromatic carbocycles. The number of benzene rings is 2. The van der Waals surface area contributed by atoms with Crippen molar-refractivity contribution in [3.05, 3.63) is 59.7 Å². The first-order chi connectivity index (χ1) is 16.6. The van der Waals surface area contributed by atoms with Gasteiger partial charge in [0.1, 0.15) is 11.5 Å². The molecule has 0 saturated heterocycles. The van der Waals surface area contributed by atoms with Crippen LogP contribution in [0.25, 0.3) is 0 Å². The smallest absolute Gasteiger partial charge is 0.343 e. The van der Waals surface area contributed by atoms with Gasteiger partial charge in [0, 0.05) is 0 Å². The summed E-state index contributed by atoms with van der Waals surface area (Å²) in [6, 6.07) is 15.2. The van der Waals surface area contributed by atoms with E-state index in [1.54, 1.807) is 12.1 Å². The van der Waals surface area contributed by atoms with E-state index in [1.807, 2.05) is 24.3 Å². The Kier molecular flexibility index (Phi) is 11.0. The molecule has 0 unspecified atom stereocenters. The molecule has 186 valence electrons. The molecule has 0 spiro atoms. The average Bonchev–Trinajstić information content (AvgIpc) is 2.88. The van der Waals surface area contributed by atoms with Gasteiger partial charge in [0.15, 0.2) is 0 Å². The second kappa shape index (κ2) is 14.2. The molecular formula is C31H44O3. The highest BCUT2D eigenvalue weighted by molar-refractivity contribution is 5.91. The van der Waals surface area contributed by atoms with Crippen LogP contribution >= 0.6 is 0 Å². The van der Waals surface area contributed by atoms with Gasteiger partial charge in [-0.2, -0.15) is 0 Å². The van der Waals surface area contributed by atoms with Crippen LogP contribution in [0.1, 0.15) is 101 Å². The third-order valence-corrected chi connectivity index (χ3v) is 7.48. The Labute approximate surface area is 207 Å². The summed E-state index contributed by atoms with van der Waals surface area (Å²) >= 11 is 0. The van der Waals surface area contributed by atoms with Gasteiger partial charge in [-0.05, 0) is 72.6 Å². The molecule has 1 aliphatic carbocycles. The fraction of sp³-hybridized carbons (Fsp3) is 0.581. The SMILES string of the molecule is CCCCCC1CCC(CCc2ccc(OC(=O)c3ccc(OC[C@@H](C)CC)cc3)cc2)CC1. The molecule has 1 saturated carbocycles. The van der Waals surface area contributed by atoms with E-state index in [-0.39, 0.29) is 5.97 Å². The first-order valence-electron chi connectivity index (χ1n) is 13.6. The zero-order valence-electron chi connectivity index (χ0n) is 21.6. The van der Waals surface area contributed by atoms with Crippen LogP contribution in [0.5, 0.6) is 11.5 Å². The third-order valence-electron chi connectivity index (χ3n) is 7.48. The zero-order chi connectivity index (χ0) is 24.2. The monoisotopic (exact) mass is 464 g/mol. The molecule has 0 radical (unpaired) electrons. The Morgan fingerprint density at radius 2 is 1.47 bits per heavy atom. The largest absolute Gasteiger partial charge is 0.493 e. The van der Waals surface area contributed by atoms with Gasteiger partial charge in [-0.25, -0.2) is 4.79 Å². The minimum Gasteiger partial charge on any atom is -0.493 e. The molecule has 1 aliphatic rings. The molecule has 0 amide bonds. The first kappa shape index (κ1) is 26.3. The second-order valence-corrected chi connectivity index (χ2v) is 10.3. The summed E-state index contributed by atoms with van der Waals surface area (Å²) in [5.41, 5.74) is 1.86. The van der Waals surface area contributed by atoms with Crippen molar-refractivity contribution in [2.24, 2.45) is 17.8 Å². The standard InChI is InChI=1S/C31H44O3/c1-4-6-7-8-25-9-11-26(12-10-25)13-14-27-15-19-30(20-16-27)34-31(32)28-17-21-29(22-18-28)33-23-24(3)5-2/h15-22,24-26H,4-14,23H2,1-3H3/t24-,25?,26?/m0/s1. The van der Waals surface area contributed by atoms with Crippen LogP contribution in [-0.2, 0) is 6.42 Å². The summed E-state index contributed by atoms with van der Waals surface area (Å²) in [7, 11) is 0. The lowest BCUT2D eigenvalue weighted by molar-refractivity contribution is 0.0734. The van der Waals surface area contributed by atoms with E-state index in [0.29, 0.717) is 23.8 Å². The molecule has 1 atom stereocenters. The zero-order valence-corrected chi connectivity index (χ0v) is 21.6. The number of aryl methyl sites for hydroxylation is 1. The van der Waals surface area contributed by atoms with Gasteiger partial charge >= 0.3 is 5.97 Å². The highest BCUT2D eigenvalue weighted by atomic mass is 16.5. The minimum atomic E-state index is -0.336. The predicted octanol–water partition coefficient (Wildman–Crippen LogP) is 8.65. The maximum Gasteiger partial charge on any atom is 0.343 e. The Hall–Kier alpha value is -2.29. The highest BCUT2D eigenvalue weighted by Crippen LogP contribution is 2.34. The summed E-state index contributed by atoms with van der Waals surface area (Å²) in [5, 5.41) is 0. The summed E-state index contributed by atoms with van der Waals surface area (Å²) in [6.07, 6.45) is 14.7. The number of esters is 1. The van der Waals surface area contributed by atoms with E-state index in [4.69, 9.17) is 9.47 Å². The number of ether oxygens (including phenoxy) is 2. The second-order valence-electron chi connectivity index (χ2n) is 10.3. The van der Waals surface area contributed by atoms with Crippen LogP contribution in [-0.4, -0.2) is 12.6 Å². The lowest BCUT2D eigenvalue weighted by atomic mass is 9.78. The molecule has 0 heterocycles. The maximum absolute atomic E-state index is 12.5. The van der Waals surface area contributed by atoms with Crippen LogP contribution in [0.4, 0.5) is 0 Å². The highest BCUT2D eigenvalue weighted by Gasteiger charge is 2.20. The van der Waals surface area contributed by atoms with Crippen molar-refractivity contribution < 1.29 is 14.3 Å². The van der Waals surface area contributed by atoms with Crippen molar-refractivity contribution >= 4 is 5.97 Å². The Morgan fingerprint density at radius 3 is 2.09 bits per heavy atom. The molecule has 34 heavy (non-hydrogen) atoms. The van der Waals surface area contributed by atoms with E-state index in [0.717, 1.165) is 30.4 Å².